The summed E-state index contributed by atoms with van der Waals surface area (Å²) in [6.45, 7) is 1.62. The summed E-state index contributed by atoms with van der Waals surface area (Å²) >= 11 is 0.756. The highest BCUT2D eigenvalue weighted by Gasteiger charge is 2.30. The summed E-state index contributed by atoms with van der Waals surface area (Å²) in [5, 5.41) is 8.04. The second kappa shape index (κ2) is 6.33. The number of hydrogen-bond donors (Lipinski definition) is 1. The SMILES string of the molecule is CCC(Sc1ccccc1S(=O)(=O)C(F)F)C(=O)O. The van der Waals surface area contributed by atoms with E-state index in [0.29, 0.717) is 0 Å². The van der Waals surface area contributed by atoms with Gasteiger partial charge in [0.05, 0.1) is 4.90 Å². The summed E-state index contributed by atoms with van der Waals surface area (Å²) < 4.78 is 48.0. The first kappa shape index (κ1) is 15.9. The van der Waals surface area contributed by atoms with Crippen LogP contribution < -0.4 is 0 Å². The van der Waals surface area contributed by atoms with Crippen molar-refractivity contribution in [1.29, 1.82) is 0 Å². The minimum atomic E-state index is -4.73. The van der Waals surface area contributed by atoms with Crippen molar-refractivity contribution < 1.29 is 27.1 Å². The summed E-state index contributed by atoms with van der Waals surface area (Å²) in [5.41, 5.74) is 0. The zero-order valence-electron chi connectivity index (χ0n) is 9.92. The van der Waals surface area contributed by atoms with Crippen molar-refractivity contribution in [3.05, 3.63) is 24.3 Å². The van der Waals surface area contributed by atoms with Crippen LogP contribution in [0.15, 0.2) is 34.1 Å². The number of alkyl halides is 2. The van der Waals surface area contributed by atoms with Crippen LogP contribution in [0.25, 0.3) is 0 Å². The van der Waals surface area contributed by atoms with Gasteiger partial charge >= 0.3 is 11.7 Å². The normalized spacial score (nSPS) is 13.5. The quantitative estimate of drug-likeness (QED) is 0.818. The molecular formula is C11H12F2O4S2. The smallest absolute Gasteiger partial charge is 0.341 e. The molecule has 0 fully saturated rings. The van der Waals surface area contributed by atoms with Crippen LogP contribution in [0.3, 0.4) is 0 Å². The van der Waals surface area contributed by atoms with Crippen molar-refractivity contribution in [1.82, 2.24) is 0 Å². The molecule has 1 atom stereocenters. The van der Waals surface area contributed by atoms with E-state index in [2.05, 4.69) is 0 Å². The maximum Gasteiger partial charge on any atom is 0.341 e. The molecule has 1 unspecified atom stereocenters. The van der Waals surface area contributed by atoms with Crippen molar-refractivity contribution in [3.63, 3.8) is 0 Å². The molecule has 1 aromatic carbocycles. The third-order valence-electron chi connectivity index (χ3n) is 2.31. The van der Waals surface area contributed by atoms with Crippen molar-refractivity contribution in [2.45, 2.75) is 34.1 Å². The number of benzene rings is 1. The number of halogens is 2. The number of thioether (sulfide) groups is 1. The Hall–Kier alpha value is -1.15. The first-order valence-corrected chi connectivity index (χ1v) is 7.73. The molecule has 1 rings (SSSR count). The molecule has 0 amide bonds. The second-order valence-corrected chi connectivity index (χ2v) is 6.74. The lowest BCUT2D eigenvalue weighted by molar-refractivity contribution is -0.136. The Morgan fingerprint density at radius 3 is 2.42 bits per heavy atom. The van der Waals surface area contributed by atoms with Crippen LogP contribution in [0.4, 0.5) is 8.78 Å². The van der Waals surface area contributed by atoms with Crippen LogP contribution in [-0.4, -0.2) is 30.5 Å². The van der Waals surface area contributed by atoms with Gasteiger partial charge in [-0.15, -0.1) is 11.8 Å². The van der Waals surface area contributed by atoms with E-state index < -0.39 is 31.7 Å². The van der Waals surface area contributed by atoms with Gasteiger partial charge in [0.15, 0.2) is 0 Å². The molecule has 4 nitrogen and oxygen atoms in total. The molecule has 0 saturated carbocycles. The monoisotopic (exact) mass is 310 g/mol. The van der Waals surface area contributed by atoms with Crippen LogP contribution in [0.5, 0.6) is 0 Å². The standard InChI is InChI=1S/C11H12F2O4S2/c1-2-7(10(14)15)18-8-5-3-4-6-9(8)19(16,17)11(12)13/h3-7,11H,2H2,1H3,(H,14,15). The molecule has 0 aliphatic rings. The topological polar surface area (TPSA) is 71.4 Å². The van der Waals surface area contributed by atoms with Gasteiger partial charge in [0.1, 0.15) is 5.25 Å². The largest absolute Gasteiger partial charge is 0.480 e. The molecule has 0 heterocycles. The molecule has 8 heteroatoms. The fraction of sp³-hybridized carbons (Fsp3) is 0.364. The Balaban J connectivity index is 3.21. The Bertz CT molecular complexity index is 558. The van der Waals surface area contributed by atoms with Gasteiger partial charge in [0.25, 0.3) is 0 Å². The molecule has 1 N–H and O–H groups in total. The first-order chi connectivity index (χ1) is 8.80. The Kier molecular flexibility index (Phi) is 5.30. The Morgan fingerprint density at radius 1 is 1.37 bits per heavy atom. The number of carboxylic acid groups (broad SMARTS) is 1. The van der Waals surface area contributed by atoms with Gasteiger partial charge in [-0.25, -0.2) is 8.42 Å². The molecule has 0 aliphatic carbocycles. The van der Waals surface area contributed by atoms with E-state index in [1.54, 1.807) is 6.92 Å². The third kappa shape index (κ3) is 3.66. The van der Waals surface area contributed by atoms with Crippen molar-refractivity contribution in [3.8, 4) is 0 Å². The highest BCUT2D eigenvalue weighted by Crippen LogP contribution is 2.33. The van der Waals surface area contributed by atoms with Gasteiger partial charge in [0.2, 0.25) is 9.84 Å². The Morgan fingerprint density at radius 2 is 1.95 bits per heavy atom. The van der Waals surface area contributed by atoms with Gasteiger partial charge in [-0.2, -0.15) is 8.78 Å². The molecule has 0 aliphatic heterocycles. The highest BCUT2D eigenvalue weighted by molar-refractivity contribution is 8.01. The summed E-state index contributed by atoms with van der Waals surface area (Å²) in [6, 6.07) is 5.17. The van der Waals surface area contributed by atoms with Crippen molar-refractivity contribution in [2.24, 2.45) is 0 Å². The summed E-state index contributed by atoms with van der Waals surface area (Å²) in [5.74, 6) is -4.64. The zero-order valence-corrected chi connectivity index (χ0v) is 11.5. The van der Waals surface area contributed by atoms with Crippen LogP contribution in [0.2, 0.25) is 0 Å². The first-order valence-electron chi connectivity index (χ1n) is 5.31. The molecule has 0 spiro atoms. The lowest BCUT2D eigenvalue weighted by atomic mass is 10.3. The maximum absolute atomic E-state index is 12.5. The van der Waals surface area contributed by atoms with E-state index in [-0.39, 0.29) is 11.3 Å². The molecule has 0 radical (unpaired) electrons. The summed E-state index contributed by atoms with van der Waals surface area (Å²) in [4.78, 5) is 10.4. The Labute approximate surface area is 113 Å². The summed E-state index contributed by atoms with van der Waals surface area (Å²) in [7, 11) is -4.73. The third-order valence-corrected chi connectivity index (χ3v) is 5.30. The van der Waals surface area contributed by atoms with E-state index in [0.717, 1.165) is 17.8 Å². The molecule has 0 bridgehead atoms. The number of aliphatic carboxylic acids is 1. The van der Waals surface area contributed by atoms with E-state index in [9.17, 15) is 22.0 Å². The molecule has 106 valence electrons. The molecule has 0 aromatic heterocycles. The van der Waals surface area contributed by atoms with Gasteiger partial charge in [-0.3, -0.25) is 4.79 Å². The van der Waals surface area contributed by atoms with Gasteiger partial charge in [-0.05, 0) is 18.6 Å². The lowest BCUT2D eigenvalue weighted by Gasteiger charge is -2.13. The summed E-state index contributed by atoms with van der Waals surface area (Å²) in [6.07, 6.45) is 0.253. The lowest BCUT2D eigenvalue weighted by Crippen LogP contribution is -2.17. The number of hydrogen-bond acceptors (Lipinski definition) is 4. The number of sulfone groups is 1. The van der Waals surface area contributed by atoms with E-state index in [4.69, 9.17) is 5.11 Å². The fourth-order valence-corrected chi connectivity index (χ4v) is 3.56. The average Bonchev–Trinajstić information content (AvgIpc) is 2.35. The predicted octanol–water partition coefficient (Wildman–Crippen LogP) is 2.64. The van der Waals surface area contributed by atoms with Crippen molar-refractivity contribution in [2.75, 3.05) is 0 Å². The molecule has 1 aromatic rings. The van der Waals surface area contributed by atoms with Gasteiger partial charge in [-0.1, -0.05) is 19.1 Å². The highest BCUT2D eigenvalue weighted by atomic mass is 32.2. The van der Waals surface area contributed by atoms with Gasteiger partial charge < -0.3 is 5.11 Å². The minimum absolute atomic E-state index is 0.0250. The number of carboxylic acids is 1. The maximum atomic E-state index is 12.5. The predicted molar refractivity (Wildman–Crippen MR) is 67.2 cm³/mol. The van der Waals surface area contributed by atoms with Crippen LogP contribution >= 0.6 is 11.8 Å². The van der Waals surface area contributed by atoms with E-state index in [1.807, 2.05) is 0 Å². The minimum Gasteiger partial charge on any atom is -0.480 e. The van der Waals surface area contributed by atoms with Crippen LogP contribution in [-0.2, 0) is 14.6 Å². The number of rotatable bonds is 6. The van der Waals surface area contributed by atoms with E-state index >= 15 is 0 Å². The fourth-order valence-electron chi connectivity index (χ4n) is 1.34. The average molecular weight is 310 g/mol. The van der Waals surface area contributed by atoms with Crippen LogP contribution in [0, 0.1) is 0 Å². The van der Waals surface area contributed by atoms with Crippen LogP contribution in [0.1, 0.15) is 13.3 Å². The molecular weight excluding hydrogens is 298 g/mol. The van der Waals surface area contributed by atoms with Crippen molar-refractivity contribution >= 4 is 27.6 Å². The zero-order chi connectivity index (χ0) is 14.6. The van der Waals surface area contributed by atoms with E-state index in [1.165, 1.54) is 18.2 Å². The molecule has 19 heavy (non-hydrogen) atoms. The molecule has 0 saturated heterocycles. The van der Waals surface area contributed by atoms with Gasteiger partial charge in [0, 0.05) is 4.90 Å². The second-order valence-electron chi connectivity index (χ2n) is 3.61. The number of carbonyl (C=O) groups is 1.